The molecule has 6 heteroatoms. The smallest absolute Gasteiger partial charge is 0.317 e. The van der Waals surface area contributed by atoms with Crippen LogP contribution in [0.5, 0.6) is 0 Å². The van der Waals surface area contributed by atoms with Crippen molar-refractivity contribution in [3.05, 3.63) is 59.9 Å². The molecule has 2 aromatic rings. The van der Waals surface area contributed by atoms with E-state index in [1.54, 1.807) is 4.90 Å². The normalized spacial score (nSPS) is 14.2. The van der Waals surface area contributed by atoms with Gasteiger partial charge in [0.05, 0.1) is 6.54 Å². The van der Waals surface area contributed by atoms with E-state index in [2.05, 4.69) is 52.5 Å². The summed E-state index contributed by atoms with van der Waals surface area (Å²) in [6.07, 6.45) is 8.56. The van der Waals surface area contributed by atoms with E-state index in [0.717, 1.165) is 44.3 Å². The highest BCUT2D eigenvalue weighted by atomic mass is 16.2. The number of hydrogen-bond acceptors (Lipinski definition) is 2. The molecule has 32 heavy (non-hydrogen) atoms. The molecule has 0 bridgehead atoms. The minimum atomic E-state index is -0.154. The summed E-state index contributed by atoms with van der Waals surface area (Å²) >= 11 is 0. The Labute approximate surface area is 192 Å². The van der Waals surface area contributed by atoms with E-state index < -0.39 is 0 Å². The van der Waals surface area contributed by atoms with E-state index in [1.807, 2.05) is 24.8 Å². The van der Waals surface area contributed by atoms with Crippen LogP contribution < -0.4 is 5.32 Å². The highest BCUT2D eigenvalue weighted by molar-refractivity contribution is 5.84. The molecule has 1 N–H and O–H groups in total. The molecule has 0 aliphatic heterocycles. The average Bonchev–Trinajstić information content (AvgIpc) is 3.25. The number of urea groups is 1. The van der Waals surface area contributed by atoms with Crippen LogP contribution in [-0.4, -0.2) is 52.0 Å². The summed E-state index contributed by atoms with van der Waals surface area (Å²) in [7, 11) is 0. The largest absolute Gasteiger partial charge is 0.345 e. The molecule has 0 spiro atoms. The number of benzene rings is 1. The number of hydrogen-bond donors (Lipinski definition) is 1. The second-order valence-corrected chi connectivity index (χ2v) is 8.68. The van der Waals surface area contributed by atoms with Gasteiger partial charge in [-0.1, -0.05) is 56.5 Å². The van der Waals surface area contributed by atoms with Crippen molar-refractivity contribution in [3.63, 3.8) is 0 Å². The van der Waals surface area contributed by atoms with Crippen molar-refractivity contribution in [3.8, 4) is 0 Å². The average molecular weight is 439 g/mol. The van der Waals surface area contributed by atoms with E-state index >= 15 is 0 Å². The molecule has 1 heterocycles. The lowest BCUT2D eigenvalue weighted by Crippen LogP contribution is -2.49. The first-order valence-electron chi connectivity index (χ1n) is 12.1. The zero-order chi connectivity index (χ0) is 22.8. The summed E-state index contributed by atoms with van der Waals surface area (Å²) in [4.78, 5) is 29.7. The Balaban J connectivity index is 1.77. The van der Waals surface area contributed by atoms with Gasteiger partial charge in [0.2, 0.25) is 5.91 Å². The van der Waals surface area contributed by atoms with Crippen molar-refractivity contribution in [2.24, 2.45) is 0 Å². The Morgan fingerprint density at radius 2 is 1.78 bits per heavy atom. The van der Waals surface area contributed by atoms with Crippen molar-refractivity contribution in [2.45, 2.75) is 71.5 Å². The van der Waals surface area contributed by atoms with E-state index in [0.29, 0.717) is 19.6 Å². The maximum atomic E-state index is 13.5. The summed E-state index contributed by atoms with van der Waals surface area (Å²) in [5.74, 6) is 0.0454. The Kier molecular flexibility index (Phi) is 9.20. The van der Waals surface area contributed by atoms with Crippen LogP contribution in [0.2, 0.25) is 0 Å². The fourth-order valence-corrected chi connectivity index (χ4v) is 4.55. The second kappa shape index (κ2) is 12.3. The van der Waals surface area contributed by atoms with E-state index in [9.17, 15) is 9.59 Å². The van der Waals surface area contributed by atoms with Crippen LogP contribution in [0.4, 0.5) is 4.79 Å². The number of amides is 3. The molecule has 1 fully saturated rings. The van der Waals surface area contributed by atoms with Crippen molar-refractivity contribution in [1.29, 1.82) is 0 Å². The third kappa shape index (κ3) is 6.62. The molecular formula is C26H38N4O2. The highest BCUT2D eigenvalue weighted by Gasteiger charge is 2.28. The molecular weight excluding hydrogens is 400 g/mol. The zero-order valence-electron chi connectivity index (χ0n) is 19.6. The molecule has 1 aliphatic rings. The minimum absolute atomic E-state index is 0.0454. The lowest BCUT2D eigenvalue weighted by molar-refractivity contribution is -0.135. The predicted molar refractivity (Wildman–Crippen MR) is 128 cm³/mol. The molecule has 0 saturated heterocycles. The van der Waals surface area contributed by atoms with Gasteiger partial charge in [-0.05, 0) is 43.9 Å². The van der Waals surface area contributed by atoms with Crippen LogP contribution in [0.1, 0.15) is 63.6 Å². The first-order chi connectivity index (χ1) is 15.6. The molecule has 174 valence electrons. The fraction of sp³-hybridized carbons (Fsp3) is 0.538. The molecule has 1 saturated carbocycles. The molecule has 1 aromatic heterocycles. The SMILES string of the molecule is CCCN(CC(=O)N(Cc1cccn1Cc1ccccc1)C1CCCCC1)C(=O)NCC. The minimum Gasteiger partial charge on any atom is -0.345 e. The lowest BCUT2D eigenvalue weighted by atomic mass is 9.94. The van der Waals surface area contributed by atoms with Crippen LogP contribution in [0, 0.1) is 0 Å². The lowest BCUT2D eigenvalue weighted by Gasteiger charge is -2.36. The zero-order valence-corrected chi connectivity index (χ0v) is 19.6. The van der Waals surface area contributed by atoms with Crippen molar-refractivity contribution in [1.82, 2.24) is 19.7 Å². The highest BCUT2D eigenvalue weighted by Crippen LogP contribution is 2.25. The first-order valence-corrected chi connectivity index (χ1v) is 12.1. The fourth-order valence-electron chi connectivity index (χ4n) is 4.55. The van der Waals surface area contributed by atoms with Crippen LogP contribution in [0.3, 0.4) is 0 Å². The Hall–Kier alpha value is -2.76. The van der Waals surface area contributed by atoms with Crippen LogP contribution in [0.25, 0.3) is 0 Å². The van der Waals surface area contributed by atoms with E-state index in [-0.39, 0.29) is 24.5 Å². The standard InChI is InChI=1S/C26H38N4O2/c1-3-17-29(26(32)27-4-2)21-25(31)30(23-14-9-6-10-15-23)20-24-16-11-18-28(24)19-22-12-7-5-8-13-22/h5,7-8,11-13,16,18,23H,3-4,6,9-10,14-15,17,19-21H2,1-2H3,(H,27,32). The first kappa shape index (κ1) is 23.9. The van der Waals surface area contributed by atoms with Crippen molar-refractivity contribution >= 4 is 11.9 Å². The van der Waals surface area contributed by atoms with Gasteiger partial charge >= 0.3 is 6.03 Å². The Bertz CT molecular complexity index is 843. The number of nitrogens with one attached hydrogen (secondary N) is 1. The monoisotopic (exact) mass is 438 g/mol. The summed E-state index contributed by atoms with van der Waals surface area (Å²) in [5.41, 5.74) is 2.37. The maximum Gasteiger partial charge on any atom is 0.317 e. The van der Waals surface area contributed by atoms with Crippen LogP contribution in [-0.2, 0) is 17.9 Å². The van der Waals surface area contributed by atoms with Crippen LogP contribution in [0.15, 0.2) is 48.7 Å². The molecule has 1 aliphatic carbocycles. The molecule has 0 atom stereocenters. The van der Waals surface area contributed by atoms with E-state index in [1.165, 1.54) is 12.0 Å². The van der Waals surface area contributed by atoms with Gasteiger partial charge < -0.3 is 19.7 Å². The topological polar surface area (TPSA) is 57.6 Å². The maximum absolute atomic E-state index is 13.5. The number of nitrogens with zero attached hydrogens (tertiary/aromatic N) is 3. The molecule has 3 rings (SSSR count). The Morgan fingerprint density at radius 3 is 2.47 bits per heavy atom. The van der Waals surface area contributed by atoms with Gasteiger partial charge in [-0.3, -0.25) is 4.79 Å². The second-order valence-electron chi connectivity index (χ2n) is 8.68. The molecule has 1 aromatic carbocycles. The number of aromatic nitrogens is 1. The van der Waals surface area contributed by atoms with Crippen molar-refractivity contribution in [2.75, 3.05) is 19.6 Å². The quantitative estimate of drug-likeness (QED) is 0.588. The molecule has 6 nitrogen and oxygen atoms in total. The van der Waals surface area contributed by atoms with Gasteiger partial charge in [0, 0.05) is 37.6 Å². The van der Waals surface area contributed by atoms with Gasteiger partial charge in [-0.2, -0.15) is 0 Å². The van der Waals surface area contributed by atoms with Gasteiger partial charge in [0.15, 0.2) is 0 Å². The number of rotatable bonds is 10. The molecule has 0 radical (unpaired) electrons. The summed E-state index contributed by atoms with van der Waals surface area (Å²) in [5, 5.41) is 2.85. The van der Waals surface area contributed by atoms with Crippen molar-refractivity contribution < 1.29 is 9.59 Å². The van der Waals surface area contributed by atoms with Gasteiger partial charge in [-0.25, -0.2) is 4.79 Å². The Morgan fingerprint density at radius 1 is 1.03 bits per heavy atom. The van der Waals surface area contributed by atoms with Crippen LogP contribution >= 0.6 is 0 Å². The number of carbonyl (C=O) groups excluding carboxylic acids is 2. The molecule has 3 amide bonds. The third-order valence-corrected chi connectivity index (χ3v) is 6.22. The summed E-state index contributed by atoms with van der Waals surface area (Å²) in [6, 6.07) is 14.7. The summed E-state index contributed by atoms with van der Waals surface area (Å²) < 4.78 is 2.23. The van der Waals surface area contributed by atoms with Gasteiger partial charge in [-0.15, -0.1) is 0 Å². The predicted octanol–water partition coefficient (Wildman–Crippen LogP) is 4.64. The van der Waals surface area contributed by atoms with Gasteiger partial charge in [0.1, 0.15) is 6.54 Å². The molecule has 0 unspecified atom stereocenters. The summed E-state index contributed by atoms with van der Waals surface area (Å²) in [6.45, 7) is 6.59. The van der Waals surface area contributed by atoms with E-state index in [4.69, 9.17) is 0 Å². The third-order valence-electron chi connectivity index (χ3n) is 6.22. The van der Waals surface area contributed by atoms with Gasteiger partial charge in [0.25, 0.3) is 0 Å². The number of carbonyl (C=O) groups is 2.